The molecule has 14 heavy (non-hydrogen) atoms. The van der Waals surface area contributed by atoms with E-state index < -0.39 is 0 Å². The highest BCUT2D eigenvalue weighted by Gasteiger charge is 2.02. The number of hydrogen-bond donors (Lipinski definition) is 0. The van der Waals surface area contributed by atoms with Gasteiger partial charge in [-0.2, -0.15) is 0 Å². The fourth-order valence-electron chi connectivity index (χ4n) is 1.47. The molecule has 0 aliphatic heterocycles. The van der Waals surface area contributed by atoms with E-state index in [0.29, 0.717) is 5.88 Å². The fourth-order valence-corrected chi connectivity index (χ4v) is 1.69. The lowest BCUT2D eigenvalue weighted by Crippen LogP contribution is -1.95. The van der Waals surface area contributed by atoms with E-state index in [2.05, 4.69) is 30.1 Å². The van der Waals surface area contributed by atoms with E-state index in [1.807, 2.05) is 10.8 Å². The lowest BCUT2D eigenvalue weighted by Gasteiger charge is -2.08. The molecule has 1 aromatic carbocycles. The molecular formula is C11H11ClN2. The average molecular weight is 207 g/mol. The quantitative estimate of drug-likeness (QED) is 0.691. The van der Waals surface area contributed by atoms with Gasteiger partial charge in [0.25, 0.3) is 0 Å². The van der Waals surface area contributed by atoms with E-state index in [9.17, 15) is 0 Å². The minimum absolute atomic E-state index is 0.523. The Morgan fingerprint density at radius 1 is 1.43 bits per heavy atom. The van der Waals surface area contributed by atoms with Gasteiger partial charge in [-0.25, -0.2) is 4.98 Å². The summed E-state index contributed by atoms with van der Waals surface area (Å²) in [5, 5.41) is 0. The summed E-state index contributed by atoms with van der Waals surface area (Å²) in [5.41, 5.74) is 3.46. The van der Waals surface area contributed by atoms with Crippen molar-refractivity contribution in [2.24, 2.45) is 0 Å². The van der Waals surface area contributed by atoms with Gasteiger partial charge in [0.15, 0.2) is 0 Å². The second kappa shape index (κ2) is 3.84. The van der Waals surface area contributed by atoms with Gasteiger partial charge in [0.1, 0.15) is 0 Å². The molecule has 0 N–H and O–H groups in total. The molecule has 0 atom stereocenters. The number of nitrogens with zero attached hydrogens (tertiary/aromatic N) is 2. The lowest BCUT2D eigenvalue weighted by atomic mass is 10.1. The Morgan fingerprint density at radius 3 is 2.93 bits per heavy atom. The lowest BCUT2D eigenvalue weighted by molar-refractivity contribution is 1.03. The molecular weight excluding hydrogens is 196 g/mol. The van der Waals surface area contributed by atoms with Crippen LogP contribution in [0, 0.1) is 6.92 Å². The maximum atomic E-state index is 5.89. The van der Waals surface area contributed by atoms with Gasteiger partial charge in [0, 0.05) is 18.3 Å². The van der Waals surface area contributed by atoms with E-state index in [4.69, 9.17) is 11.6 Å². The fraction of sp³-hybridized carbons (Fsp3) is 0.182. The summed E-state index contributed by atoms with van der Waals surface area (Å²) in [6.07, 6.45) is 5.46. The molecule has 0 bridgehead atoms. The predicted octanol–water partition coefficient (Wildman–Crippen LogP) is 2.92. The third kappa shape index (κ3) is 1.66. The summed E-state index contributed by atoms with van der Waals surface area (Å²) in [5.74, 6) is 0.523. The molecule has 3 heteroatoms. The topological polar surface area (TPSA) is 17.8 Å². The third-order valence-corrected chi connectivity index (χ3v) is 2.45. The molecule has 0 saturated carbocycles. The summed E-state index contributed by atoms with van der Waals surface area (Å²) < 4.78 is 1.97. The van der Waals surface area contributed by atoms with Crippen LogP contribution in [0.4, 0.5) is 0 Å². The number of hydrogen-bond acceptors (Lipinski definition) is 1. The second-order valence-electron chi connectivity index (χ2n) is 3.24. The zero-order valence-corrected chi connectivity index (χ0v) is 8.70. The molecule has 72 valence electrons. The number of alkyl halides is 1. The maximum absolute atomic E-state index is 5.89. The Kier molecular flexibility index (Phi) is 2.55. The van der Waals surface area contributed by atoms with Crippen LogP contribution in [0.2, 0.25) is 0 Å². The van der Waals surface area contributed by atoms with Gasteiger partial charge in [-0.1, -0.05) is 17.7 Å². The van der Waals surface area contributed by atoms with Crippen molar-refractivity contribution in [1.82, 2.24) is 9.55 Å². The van der Waals surface area contributed by atoms with Crippen LogP contribution >= 0.6 is 11.6 Å². The van der Waals surface area contributed by atoms with E-state index >= 15 is 0 Å². The first-order valence-electron chi connectivity index (χ1n) is 4.45. The maximum Gasteiger partial charge on any atom is 0.0991 e. The first kappa shape index (κ1) is 9.28. The Morgan fingerprint density at radius 2 is 2.29 bits per heavy atom. The largest absolute Gasteiger partial charge is 0.306 e. The average Bonchev–Trinajstić information content (AvgIpc) is 2.70. The first-order chi connectivity index (χ1) is 6.81. The van der Waals surface area contributed by atoms with Gasteiger partial charge >= 0.3 is 0 Å². The predicted molar refractivity (Wildman–Crippen MR) is 57.9 cm³/mol. The molecule has 0 aliphatic rings. The molecule has 2 nitrogen and oxygen atoms in total. The molecule has 0 radical (unpaired) electrons. The van der Waals surface area contributed by atoms with Crippen molar-refractivity contribution in [3.63, 3.8) is 0 Å². The summed E-state index contributed by atoms with van der Waals surface area (Å²) in [6.45, 7) is 2.06. The van der Waals surface area contributed by atoms with Crippen LogP contribution in [0.5, 0.6) is 0 Å². The van der Waals surface area contributed by atoms with Crippen LogP contribution in [0.1, 0.15) is 11.1 Å². The minimum Gasteiger partial charge on any atom is -0.306 e. The Labute approximate surface area is 88.2 Å². The molecule has 0 spiro atoms. The van der Waals surface area contributed by atoms with Gasteiger partial charge in [0.2, 0.25) is 0 Å². The zero-order valence-electron chi connectivity index (χ0n) is 7.94. The number of imidazole rings is 1. The molecule has 2 rings (SSSR count). The zero-order chi connectivity index (χ0) is 9.97. The second-order valence-corrected chi connectivity index (χ2v) is 3.50. The van der Waals surface area contributed by atoms with E-state index in [1.165, 1.54) is 5.56 Å². The Balaban J connectivity index is 2.53. The van der Waals surface area contributed by atoms with E-state index in [-0.39, 0.29) is 0 Å². The Bertz CT molecular complexity index is 421. The van der Waals surface area contributed by atoms with Crippen molar-refractivity contribution in [2.45, 2.75) is 12.8 Å². The van der Waals surface area contributed by atoms with Crippen LogP contribution in [-0.4, -0.2) is 9.55 Å². The van der Waals surface area contributed by atoms with Gasteiger partial charge in [-0.3, -0.25) is 0 Å². The van der Waals surface area contributed by atoms with Gasteiger partial charge in [-0.15, -0.1) is 11.6 Å². The van der Waals surface area contributed by atoms with Crippen LogP contribution in [0.25, 0.3) is 5.69 Å². The first-order valence-corrected chi connectivity index (χ1v) is 4.98. The van der Waals surface area contributed by atoms with Crippen LogP contribution in [0.15, 0.2) is 36.9 Å². The molecule has 0 fully saturated rings. The molecule has 0 aliphatic carbocycles. The van der Waals surface area contributed by atoms with Gasteiger partial charge < -0.3 is 4.57 Å². The molecule has 2 aromatic rings. The van der Waals surface area contributed by atoms with Gasteiger partial charge in [-0.05, 0) is 18.6 Å². The monoisotopic (exact) mass is 206 g/mol. The van der Waals surface area contributed by atoms with E-state index in [0.717, 1.165) is 11.3 Å². The number of aromatic nitrogens is 2. The molecule has 0 saturated heterocycles. The smallest absolute Gasteiger partial charge is 0.0991 e. The highest BCUT2D eigenvalue weighted by molar-refractivity contribution is 6.17. The molecule has 1 aromatic heterocycles. The van der Waals surface area contributed by atoms with Crippen molar-refractivity contribution in [2.75, 3.05) is 0 Å². The molecule has 1 heterocycles. The van der Waals surface area contributed by atoms with Crippen molar-refractivity contribution in [3.05, 3.63) is 48.0 Å². The van der Waals surface area contributed by atoms with Crippen LogP contribution < -0.4 is 0 Å². The van der Waals surface area contributed by atoms with Crippen molar-refractivity contribution >= 4 is 11.6 Å². The summed E-state index contributed by atoms with van der Waals surface area (Å²) in [4.78, 5) is 4.02. The van der Waals surface area contributed by atoms with Crippen LogP contribution in [-0.2, 0) is 5.88 Å². The number of aryl methyl sites for hydroxylation is 1. The van der Waals surface area contributed by atoms with Crippen LogP contribution in [0.3, 0.4) is 0 Å². The highest BCUT2D eigenvalue weighted by atomic mass is 35.5. The third-order valence-electron chi connectivity index (χ3n) is 2.16. The summed E-state index contributed by atoms with van der Waals surface area (Å²) in [6, 6.07) is 6.24. The highest BCUT2D eigenvalue weighted by Crippen LogP contribution is 2.17. The number of rotatable bonds is 2. The number of halogens is 1. The standard InChI is InChI=1S/C11H11ClN2/c1-9-2-3-11(10(6-9)7-12)14-5-4-13-8-14/h2-6,8H,7H2,1H3. The number of benzene rings is 1. The van der Waals surface area contributed by atoms with E-state index in [1.54, 1.807) is 12.5 Å². The molecule has 0 amide bonds. The molecule has 0 unspecified atom stereocenters. The Hall–Kier alpha value is -1.28. The van der Waals surface area contributed by atoms with Crippen molar-refractivity contribution in [1.29, 1.82) is 0 Å². The normalized spacial score (nSPS) is 10.4. The summed E-state index contributed by atoms with van der Waals surface area (Å²) in [7, 11) is 0. The summed E-state index contributed by atoms with van der Waals surface area (Å²) >= 11 is 5.89. The minimum atomic E-state index is 0.523. The van der Waals surface area contributed by atoms with Gasteiger partial charge in [0.05, 0.1) is 12.0 Å². The van der Waals surface area contributed by atoms with Crippen molar-refractivity contribution in [3.8, 4) is 5.69 Å². The van der Waals surface area contributed by atoms with Crippen molar-refractivity contribution < 1.29 is 0 Å². The SMILES string of the molecule is Cc1ccc(-n2ccnc2)c(CCl)c1.